The van der Waals surface area contributed by atoms with Crippen LogP contribution in [0.25, 0.3) is 0 Å². The van der Waals surface area contributed by atoms with Gasteiger partial charge in [-0.25, -0.2) is 0 Å². The number of nitrogens with zero attached hydrogens (tertiary/aromatic N) is 6. The molecule has 0 spiro atoms. The summed E-state index contributed by atoms with van der Waals surface area (Å²) in [7, 11) is 17.7. The maximum atomic E-state index is 8.00. The maximum Gasteiger partial charge on any atom is 0 e. The summed E-state index contributed by atoms with van der Waals surface area (Å²) in [6, 6.07) is 0. The largest absolute Gasteiger partial charge is 0.444 e. The minimum atomic E-state index is -0.407. The molecule has 0 saturated heterocycles. The Labute approximate surface area is 178 Å². The Hall–Kier alpha value is -1.83. The zero-order chi connectivity index (χ0) is 21.2. The molecule has 0 unspecified atom stereocenters. The smallest absolute Gasteiger partial charge is 0 e. The van der Waals surface area contributed by atoms with Gasteiger partial charge in [-0.2, -0.15) is 0 Å². The van der Waals surface area contributed by atoms with E-state index >= 15 is 0 Å². The fourth-order valence-corrected chi connectivity index (χ4v) is 0.128. The molecular weight excluding hydrogens is 709 g/mol. The molecule has 138 valence electrons. The third-order valence-corrected chi connectivity index (χ3v) is 0.333. The van der Waals surface area contributed by atoms with Crippen LogP contribution in [0.15, 0.2) is 32.0 Å². The van der Waals surface area contributed by atoms with Gasteiger partial charge in [0.25, 0.3) is 0 Å². The molecule has 18 nitrogen and oxygen atoms in total. The standard InChI is InChI=1S/B6.6HNO2.2W/c1-4-5-6(2)3;6*2-1-3;;/h;6*(H,2,3);;/p-6. The fourth-order valence-electron chi connectivity index (χ4n) is 0.128. The Balaban J connectivity index is -0.0000000187. The van der Waals surface area contributed by atoms with Crippen molar-refractivity contribution in [1.82, 2.24) is 0 Å². The molecule has 0 aromatic carbocycles. The van der Waals surface area contributed by atoms with Crippen LogP contribution in [-0.2, 0) is 42.1 Å². The quantitative estimate of drug-likeness (QED) is 0.194. The van der Waals surface area contributed by atoms with Gasteiger partial charge in [0, 0.05) is 85.8 Å². The summed E-state index contributed by atoms with van der Waals surface area (Å²) in [4.78, 5) is 48.0. The van der Waals surface area contributed by atoms with Gasteiger partial charge in [-0.3, -0.25) is 0 Å². The van der Waals surface area contributed by atoms with Crippen LogP contribution in [0.2, 0.25) is 0 Å². The molecular formula is B6N6O12W2-6. The molecule has 0 aliphatic rings. The minimum Gasteiger partial charge on any atom is -0.444 e. The van der Waals surface area contributed by atoms with Crippen molar-refractivity contribution < 1.29 is 42.1 Å². The summed E-state index contributed by atoms with van der Waals surface area (Å²) in [5.41, 5.74) is 0. The van der Waals surface area contributed by atoms with Gasteiger partial charge in [-0.15, -0.1) is 32.0 Å². The van der Waals surface area contributed by atoms with Gasteiger partial charge in [0.05, 0.1) is 0 Å². The van der Waals surface area contributed by atoms with Crippen molar-refractivity contribution in [1.29, 1.82) is 0 Å². The van der Waals surface area contributed by atoms with Gasteiger partial charge < -0.3 is 60.7 Å². The molecule has 0 N–H and O–H groups in total. The predicted molar refractivity (Wildman–Crippen MR) is 89.5 cm³/mol. The first-order valence-electron chi connectivity index (χ1n) is 3.86. The first-order valence-corrected chi connectivity index (χ1v) is 3.86. The van der Waals surface area contributed by atoms with Crippen molar-refractivity contribution in [2.24, 2.45) is 32.0 Å². The Bertz CT molecular complexity index is 194. The first-order chi connectivity index (χ1) is 11.3. The van der Waals surface area contributed by atoms with Crippen LogP contribution in [0.1, 0.15) is 0 Å². The van der Waals surface area contributed by atoms with E-state index in [1.54, 1.807) is 0 Å². The van der Waals surface area contributed by atoms with Crippen molar-refractivity contribution in [3.63, 3.8) is 0 Å². The first kappa shape index (κ1) is 56.4. The van der Waals surface area contributed by atoms with Crippen LogP contribution in [0, 0.1) is 60.7 Å². The number of rotatable bonds is 2. The Morgan fingerprint density at radius 1 is 0.577 bits per heavy atom. The molecule has 0 atom stereocenters. The summed E-state index contributed by atoms with van der Waals surface area (Å²) in [6.07, 6.45) is -0.407. The molecule has 0 bridgehead atoms. The van der Waals surface area contributed by atoms with Crippen LogP contribution >= 0.6 is 0 Å². The van der Waals surface area contributed by atoms with E-state index < -0.39 is 6.39 Å². The van der Waals surface area contributed by atoms with Gasteiger partial charge in [0.1, 0.15) is 0 Å². The summed E-state index contributed by atoms with van der Waals surface area (Å²) >= 11 is 0. The van der Waals surface area contributed by atoms with Crippen LogP contribution in [0.3, 0.4) is 0 Å². The van der Waals surface area contributed by atoms with Crippen LogP contribution in [0.4, 0.5) is 0 Å². The van der Waals surface area contributed by atoms with Gasteiger partial charge in [0.15, 0.2) is 0 Å². The van der Waals surface area contributed by atoms with Gasteiger partial charge in [0.2, 0.25) is 0 Å². The molecule has 0 aliphatic carbocycles. The molecule has 0 amide bonds. The van der Waals surface area contributed by atoms with Crippen LogP contribution in [0.5, 0.6) is 0 Å². The second-order valence-corrected chi connectivity index (χ2v) is 1.41. The Morgan fingerprint density at radius 2 is 0.692 bits per heavy atom. The molecule has 8 radical (unpaired) electrons. The Morgan fingerprint density at radius 3 is 0.692 bits per heavy atom. The summed E-state index contributed by atoms with van der Waals surface area (Å²) in [6.45, 7) is 0. The van der Waals surface area contributed by atoms with Crippen molar-refractivity contribution in [3.8, 4) is 0 Å². The molecule has 0 aromatic rings. The second kappa shape index (κ2) is 135. The number of hydrogen-bond acceptors (Lipinski definition) is 18. The van der Waals surface area contributed by atoms with Crippen molar-refractivity contribution in [2.75, 3.05) is 0 Å². The molecule has 0 aromatic heterocycles. The van der Waals surface area contributed by atoms with Crippen molar-refractivity contribution in [2.45, 2.75) is 0 Å². The molecule has 26 heavy (non-hydrogen) atoms. The van der Waals surface area contributed by atoms with Gasteiger partial charge >= 0.3 is 0 Å². The molecule has 26 heteroatoms. The predicted octanol–water partition coefficient (Wildman–Crippen LogP) is -0.786. The molecule has 0 aliphatic heterocycles. The van der Waals surface area contributed by atoms with E-state index in [2.05, 4.69) is 0 Å². The van der Waals surface area contributed by atoms with E-state index in [1.165, 1.54) is 14.1 Å². The molecule has 0 rings (SSSR count). The zero-order valence-electron chi connectivity index (χ0n) is 11.9. The normalized spacial score (nSPS) is 4.31. The van der Waals surface area contributed by atoms with Crippen molar-refractivity contribution >= 4 is 43.7 Å². The fraction of sp³-hybridized carbons (Fsp3) is 0. The third kappa shape index (κ3) is 7300. The van der Waals surface area contributed by atoms with Gasteiger partial charge in [-0.1, -0.05) is 0 Å². The molecule has 0 heterocycles. The zero-order valence-corrected chi connectivity index (χ0v) is 17.7. The average Bonchev–Trinajstić information content (AvgIpc) is 2.43. The summed E-state index contributed by atoms with van der Waals surface area (Å²) < 4.78 is 0. The van der Waals surface area contributed by atoms with E-state index in [1.807, 2.05) is 0 Å². The van der Waals surface area contributed by atoms with E-state index in [0.717, 1.165) is 32.0 Å². The maximum absolute atomic E-state index is 8.00. The number of hydrogen-bond donors (Lipinski definition) is 0. The van der Waals surface area contributed by atoms with Crippen molar-refractivity contribution in [3.05, 3.63) is 60.7 Å². The van der Waals surface area contributed by atoms with E-state index in [9.17, 15) is 0 Å². The molecule has 0 fully saturated rings. The second-order valence-electron chi connectivity index (χ2n) is 1.41. The van der Waals surface area contributed by atoms with Crippen LogP contribution in [-0.4, -0.2) is 43.7 Å². The average molecular weight is 709 g/mol. The molecule has 0 saturated carbocycles. The van der Waals surface area contributed by atoms with E-state index in [4.69, 9.17) is 83.9 Å². The third-order valence-electron chi connectivity index (χ3n) is 0.333. The summed E-state index contributed by atoms with van der Waals surface area (Å²) in [5.74, 6) is 0. The minimum absolute atomic E-state index is 0. The van der Waals surface area contributed by atoms with Gasteiger partial charge in [-0.05, 0) is 0 Å². The monoisotopic (exact) mass is 710 g/mol. The van der Waals surface area contributed by atoms with Crippen LogP contribution < -0.4 is 0 Å². The van der Waals surface area contributed by atoms with E-state index in [-0.39, 0.29) is 42.1 Å². The van der Waals surface area contributed by atoms with E-state index in [0.29, 0.717) is 0 Å². The topological polar surface area (TPSA) is 315 Å². The summed E-state index contributed by atoms with van der Waals surface area (Å²) in [5, 5.41) is 54.0. The SMILES string of the molecule is O=N[O-].O=N[O-].O=N[O-].O=N[O-].O=N[O-].O=N[O-].[B][B][B]B([B])[B].[W].[W]. The Kier molecular flexibility index (Phi) is 294.